The van der Waals surface area contributed by atoms with Crippen molar-refractivity contribution in [2.75, 3.05) is 0 Å². The summed E-state index contributed by atoms with van der Waals surface area (Å²) >= 11 is 4.40. The Hall–Kier alpha value is -1.69. The summed E-state index contributed by atoms with van der Waals surface area (Å²) in [5.41, 5.74) is -1.66. The fraction of sp³-hybridized carbons (Fsp3) is 0.0714. The first-order chi connectivity index (χ1) is 11.6. The standard InChI is InChI=1S/C14H9BrF3N3O2S2/c15-12-3-2-10(24-12)8-6-9(14(16,17)18)13(21-5-1-4-20-21)11(7-8)25(19,22)23/h1-7H,(H2,19,22,23). The van der Waals surface area contributed by atoms with E-state index in [-0.39, 0.29) is 5.56 Å². The SMILES string of the molecule is NS(=O)(=O)c1cc(-c2ccc(Br)s2)cc(C(F)(F)F)c1-n1cccn1. The molecule has 0 unspecified atom stereocenters. The minimum Gasteiger partial charge on any atom is -0.239 e. The minimum absolute atomic E-state index is 0.1000. The molecule has 0 radical (unpaired) electrons. The van der Waals surface area contributed by atoms with Crippen molar-refractivity contribution in [3.05, 3.63) is 52.1 Å². The van der Waals surface area contributed by atoms with Crippen LogP contribution in [0.3, 0.4) is 0 Å². The molecule has 132 valence electrons. The van der Waals surface area contributed by atoms with E-state index in [1.54, 1.807) is 12.1 Å². The molecule has 0 aliphatic heterocycles. The second-order valence-electron chi connectivity index (χ2n) is 4.97. The number of hydrogen-bond acceptors (Lipinski definition) is 4. The summed E-state index contributed by atoms with van der Waals surface area (Å²) in [5.74, 6) is 0. The second kappa shape index (κ2) is 6.24. The minimum atomic E-state index is -4.80. The number of benzene rings is 1. The van der Waals surface area contributed by atoms with Gasteiger partial charge in [-0.25, -0.2) is 18.2 Å². The highest BCUT2D eigenvalue weighted by molar-refractivity contribution is 9.11. The summed E-state index contributed by atoms with van der Waals surface area (Å²) < 4.78 is 66.4. The Labute approximate surface area is 153 Å². The predicted molar refractivity (Wildman–Crippen MR) is 91.0 cm³/mol. The van der Waals surface area contributed by atoms with E-state index >= 15 is 0 Å². The van der Waals surface area contributed by atoms with Gasteiger partial charge in [-0.3, -0.25) is 0 Å². The molecule has 25 heavy (non-hydrogen) atoms. The van der Waals surface area contributed by atoms with Gasteiger partial charge in [0.15, 0.2) is 0 Å². The zero-order valence-electron chi connectivity index (χ0n) is 12.2. The highest BCUT2D eigenvalue weighted by Crippen LogP contribution is 2.41. The molecule has 3 rings (SSSR count). The van der Waals surface area contributed by atoms with Crippen LogP contribution < -0.4 is 5.14 Å². The Bertz CT molecular complexity index is 1030. The monoisotopic (exact) mass is 451 g/mol. The van der Waals surface area contributed by atoms with Crippen LogP contribution in [0, 0.1) is 0 Å². The van der Waals surface area contributed by atoms with Crippen molar-refractivity contribution in [3.8, 4) is 16.1 Å². The van der Waals surface area contributed by atoms with E-state index in [2.05, 4.69) is 21.0 Å². The summed E-state index contributed by atoms with van der Waals surface area (Å²) in [6.07, 6.45) is -2.33. The quantitative estimate of drug-likeness (QED) is 0.652. The number of nitrogens with two attached hydrogens (primary N) is 1. The average molecular weight is 452 g/mol. The lowest BCUT2D eigenvalue weighted by molar-refractivity contribution is -0.137. The molecule has 0 aliphatic rings. The molecule has 2 aromatic heterocycles. The Morgan fingerprint density at radius 2 is 1.96 bits per heavy atom. The van der Waals surface area contributed by atoms with Gasteiger partial charge in [0.2, 0.25) is 10.0 Å². The van der Waals surface area contributed by atoms with Gasteiger partial charge < -0.3 is 0 Å². The van der Waals surface area contributed by atoms with Crippen molar-refractivity contribution in [1.82, 2.24) is 9.78 Å². The highest BCUT2D eigenvalue weighted by Gasteiger charge is 2.38. The van der Waals surface area contributed by atoms with Crippen LogP contribution >= 0.6 is 27.3 Å². The molecule has 11 heteroatoms. The van der Waals surface area contributed by atoms with Crippen LogP contribution in [0.15, 0.2) is 51.4 Å². The van der Waals surface area contributed by atoms with Gasteiger partial charge in [-0.15, -0.1) is 11.3 Å². The molecule has 3 aromatic rings. The zero-order valence-corrected chi connectivity index (χ0v) is 15.4. The number of halogens is 4. The molecule has 2 N–H and O–H groups in total. The molecule has 0 aliphatic carbocycles. The topological polar surface area (TPSA) is 78.0 Å². The Kier molecular flexibility index (Phi) is 4.52. The average Bonchev–Trinajstić information content (AvgIpc) is 3.15. The van der Waals surface area contributed by atoms with Crippen LogP contribution in [0.2, 0.25) is 0 Å². The zero-order chi connectivity index (χ0) is 18.4. The third-order valence-corrected chi connectivity index (χ3v) is 5.88. The molecule has 0 spiro atoms. The first-order valence-electron chi connectivity index (χ1n) is 6.61. The number of primary sulfonamides is 1. The summed E-state index contributed by atoms with van der Waals surface area (Å²) in [5, 5.41) is 8.92. The van der Waals surface area contributed by atoms with Crippen molar-refractivity contribution in [1.29, 1.82) is 0 Å². The lowest BCUT2D eigenvalue weighted by Crippen LogP contribution is -2.20. The normalized spacial score (nSPS) is 12.5. The maximum Gasteiger partial charge on any atom is 0.418 e. The van der Waals surface area contributed by atoms with E-state index in [1.807, 2.05) is 0 Å². The van der Waals surface area contributed by atoms with Crippen LogP contribution in [-0.2, 0) is 16.2 Å². The van der Waals surface area contributed by atoms with Crippen molar-refractivity contribution >= 4 is 37.3 Å². The van der Waals surface area contributed by atoms with E-state index in [1.165, 1.54) is 29.8 Å². The molecule has 1 aromatic carbocycles. The number of alkyl halides is 3. The number of nitrogens with zero attached hydrogens (tertiary/aromatic N) is 2. The number of rotatable bonds is 3. The van der Waals surface area contributed by atoms with E-state index in [0.717, 1.165) is 16.8 Å². The number of sulfonamides is 1. The summed E-state index contributed by atoms with van der Waals surface area (Å²) in [6.45, 7) is 0. The van der Waals surface area contributed by atoms with Crippen molar-refractivity contribution in [3.63, 3.8) is 0 Å². The molecule has 0 fully saturated rings. The highest BCUT2D eigenvalue weighted by atomic mass is 79.9. The van der Waals surface area contributed by atoms with Gasteiger partial charge in [-0.2, -0.15) is 18.3 Å². The second-order valence-corrected chi connectivity index (χ2v) is 8.96. The van der Waals surface area contributed by atoms with Crippen LogP contribution in [-0.4, -0.2) is 18.2 Å². The first-order valence-corrected chi connectivity index (χ1v) is 9.77. The number of hydrogen-bond donors (Lipinski definition) is 1. The maximum atomic E-state index is 13.6. The number of aromatic nitrogens is 2. The lowest BCUT2D eigenvalue weighted by Gasteiger charge is -2.17. The van der Waals surface area contributed by atoms with E-state index in [4.69, 9.17) is 5.14 Å². The molecule has 0 saturated carbocycles. The van der Waals surface area contributed by atoms with Gasteiger partial charge in [0.1, 0.15) is 4.90 Å². The molecule has 5 nitrogen and oxygen atoms in total. The van der Waals surface area contributed by atoms with Crippen LogP contribution in [0.5, 0.6) is 0 Å². The Morgan fingerprint density at radius 3 is 2.44 bits per heavy atom. The third kappa shape index (κ3) is 3.64. The fourth-order valence-corrected chi connectivity index (χ4v) is 4.43. The van der Waals surface area contributed by atoms with E-state index < -0.39 is 32.3 Å². The molecule has 0 amide bonds. The molecular weight excluding hydrogens is 443 g/mol. The van der Waals surface area contributed by atoms with Gasteiger partial charge in [0.05, 0.1) is 15.0 Å². The Morgan fingerprint density at radius 1 is 1.24 bits per heavy atom. The fourth-order valence-electron chi connectivity index (χ4n) is 2.29. The molecule has 0 bridgehead atoms. The molecule has 0 saturated heterocycles. The largest absolute Gasteiger partial charge is 0.418 e. The summed E-state index contributed by atoms with van der Waals surface area (Å²) in [4.78, 5) is -0.181. The third-order valence-electron chi connectivity index (χ3n) is 3.28. The maximum absolute atomic E-state index is 13.6. The number of thiophene rings is 1. The van der Waals surface area contributed by atoms with Crippen LogP contribution in [0.25, 0.3) is 16.1 Å². The Balaban J connectivity index is 2.42. The molecular formula is C14H9BrF3N3O2S2. The smallest absolute Gasteiger partial charge is 0.239 e. The van der Waals surface area contributed by atoms with Gasteiger partial charge in [-0.1, -0.05) is 0 Å². The predicted octanol–water partition coefficient (Wildman–Crippen LogP) is 4.03. The van der Waals surface area contributed by atoms with Crippen molar-refractivity contribution in [2.45, 2.75) is 11.1 Å². The van der Waals surface area contributed by atoms with Gasteiger partial charge in [0, 0.05) is 17.3 Å². The molecule has 0 atom stereocenters. The summed E-state index contributed by atoms with van der Waals surface area (Å²) in [7, 11) is -4.43. The van der Waals surface area contributed by atoms with Gasteiger partial charge in [0.25, 0.3) is 0 Å². The lowest BCUT2D eigenvalue weighted by atomic mass is 10.1. The summed E-state index contributed by atoms with van der Waals surface area (Å²) in [6, 6.07) is 6.65. The van der Waals surface area contributed by atoms with E-state index in [9.17, 15) is 21.6 Å². The first kappa shape index (κ1) is 18.1. The molecule has 2 heterocycles. The van der Waals surface area contributed by atoms with Crippen LogP contribution in [0.4, 0.5) is 13.2 Å². The van der Waals surface area contributed by atoms with Crippen molar-refractivity contribution in [2.24, 2.45) is 5.14 Å². The van der Waals surface area contributed by atoms with E-state index in [0.29, 0.717) is 8.66 Å². The van der Waals surface area contributed by atoms with Crippen LogP contribution in [0.1, 0.15) is 5.56 Å². The van der Waals surface area contributed by atoms with Gasteiger partial charge >= 0.3 is 6.18 Å². The van der Waals surface area contributed by atoms with Crippen molar-refractivity contribution < 1.29 is 21.6 Å². The van der Waals surface area contributed by atoms with Gasteiger partial charge in [-0.05, 0) is 51.8 Å².